The number of imidazole rings is 1. The molecule has 100 valence electrons. The molecule has 1 N–H and O–H groups in total. The van der Waals surface area contributed by atoms with Crippen molar-refractivity contribution in [2.24, 2.45) is 0 Å². The highest BCUT2D eigenvalue weighted by Gasteiger charge is 2.42. The summed E-state index contributed by atoms with van der Waals surface area (Å²) in [6, 6.07) is 4.05. The summed E-state index contributed by atoms with van der Waals surface area (Å²) in [5, 5.41) is 12.4. The van der Waals surface area contributed by atoms with Crippen molar-refractivity contribution in [3.63, 3.8) is 0 Å². The zero-order valence-electron chi connectivity index (χ0n) is 10.8. The zero-order chi connectivity index (χ0) is 12.9. The lowest BCUT2D eigenvalue weighted by Gasteiger charge is -2.44. The summed E-state index contributed by atoms with van der Waals surface area (Å²) >= 11 is 2.10. The van der Waals surface area contributed by atoms with Crippen LogP contribution in [0.4, 0.5) is 0 Å². The van der Waals surface area contributed by atoms with Crippen LogP contribution in [-0.2, 0) is 5.60 Å². The van der Waals surface area contributed by atoms with Crippen LogP contribution in [0, 0.1) is 0 Å². The lowest BCUT2D eigenvalue weighted by molar-refractivity contribution is 0.00777. The highest BCUT2D eigenvalue weighted by atomic mass is 32.2. The lowest BCUT2D eigenvalue weighted by Crippen LogP contribution is -2.40. The van der Waals surface area contributed by atoms with Gasteiger partial charge in [-0.2, -0.15) is 11.8 Å². The third-order valence-corrected chi connectivity index (χ3v) is 6.07. The van der Waals surface area contributed by atoms with Crippen molar-refractivity contribution < 1.29 is 5.11 Å². The smallest absolute Gasteiger partial charge is 0.136 e. The van der Waals surface area contributed by atoms with Crippen LogP contribution in [-0.4, -0.2) is 25.0 Å². The van der Waals surface area contributed by atoms with Crippen molar-refractivity contribution in [1.82, 2.24) is 9.38 Å². The van der Waals surface area contributed by atoms with Gasteiger partial charge in [-0.15, -0.1) is 0 Å². The standard InChI is InChI=1S/C15H18N2OS/c18-15(8-12-2-1-3-13(9-15)19-12)11-4-5-14-16-6-7-17(14)10-11/h4-7,10,12-13,18H,1-3,8-9H2. The van der Waals surface area contributed by atoms with E-state index >= 15 is 0 Å². The van der Waals surface area contributed by atoms with Crippen LogP contribution in [0.3, 0.4) is 0 Å². The Balaban J connectivity index is 1.72. The Bertz CT molecular complexity index is 597. The molecule has 2 atom stereocenters. The van der Waals surface area contributed by atoms with E-state index in [0.29, 0.717) is 10.5 Å². The summed E-state index contributed by atoms with van der Waals surface area (Å²) in [7, 11) is 0. The van der Waals surface area contributed by atoms with Gasteiger partial charge in [-0.1, -0.05) is 12.5 Å². The molecule has 0 aliphatic carbocycles. The molecule has 0 saturated carbocycles. The molecule has 2 fully saturated rings. The molecular weight excluding hydrogens is 256 g/mol. The van der Waals surface area contributed by atoms with E-state index in [9.17, 15) is 5.11 Å². The molecule has 0 aromatic carbocycles. The molecule has 3 nitrogen and oxygen atoms in total. The maximum Gasteiger partial charge on any atom is 0.136 e. The molecule has 2 aliphatic rings. The van der Waals surface area contributed by atoms with E-state index in [0.717, 1.165) is 24.1 Å². The van der Waals surface area contributed by atoms with Crippen molar-refractivity contribution in [2.75, 3.05) is 0 Å². The molecule has 0 radical (unpaired) electrons. The van der Waals surface area contributed by atoms with E-state index in [1.165, 1.54) is 19.3 Å². The minimum atomic E-state index is -0.639. The maximum absolute atomic E-state index is 11.1. The van der Waals surface area contributed by atoms with Crippen LogP contribution in [0.5, 0.6) is 0 Å². The number of thioether (sulfide) groups is 1. The van der Waals surface area contributed by atoms with E-state index in [1.807, 2.05) is 28.9 Å². The molecule has 4 rings (SSSR count). The average Bonchev–Trinajstić information content (AvgIpc) is 2.85. The van der Waals surface area contributed by atoms with Crippen molar-refractivity contribution in [1.29, 1.82) is 0 Å². The Labute approximate surface area is 117 Å². The summed E-state index contributed by atoms with van der Waals surface area (Å²) in [5.74, 6) is 0. The van der Waals surface area contributed by atoms with Gasteiger partial charge in [-0.05, 0) is 31.7 Å². The van der Waals surface area contributed by atoms with Gasteiger partial charge in [0.25, 0.3) is 0 Å². The topological polar surface area (TPSA) is 37.5 Å². The largest absolute Gasteiger partial charge is 0.385 e. The van der Waals surface area contributed by atoms with Gasteiger partial charge in [0.2, 0.25) is 0 Å². The van der Waals surface area contributed by atoms with Crippen molar-refractivity contribution >= 4 is 17.4 Å². The molecule has 0 spiro atoms. The van der Waals surface area contributed by atoms with Gasteiger partial charge in [0.1, 0.15) is 5.65 Å². The quantitative estimate of drug-likeness (QED) is 0.868. The molecule has 19 heavy (non-hydrogen) atoms. The highest BCUT2D eigenvalue weighted by Crippen LogP contribution is 2.49. The van der Waals surface area contributed by atoms with Gasteiger partial charge in [-0.25, -0.2) is 4.98 Å². The summed E-state index contributed by atoms with van der Waals surface area (Å²) in [5.41, 5.74) is 1.35. The van der Waals surface area contributed by atoms with Crippen LogP contribution in [0.2, 0.25) is 0 Å². The number of fused-ring (bicyclic) bond motifs is 3. The summed E-state index contributed by atoms with van der Waals surface area (Å²) in [6.07, 6.45) is 11.4. The third kappa shape index (κ3) is 1.98. The normalized spacial score (nSPS) is 34.6. The van der Waals surface area contributed by atoms with E-state index in [2.05, 4.69) is 16.7 Å². The van der Waals surface area contributed by atoms with Crippen molar-refractivity contribution in [3.05, 3.63) is 36.3 Å². The van der Waals surface area contributed by atoms with Gasteiger partial charge in [0.05, 0.1) is 5.60 Å². The summed E-state index contributed by atoms with van der Waals surface area (Å²) < 4.78 is 2.00. The Morgan fingerprint density at radius 2 is 2.05 bits per heavy atom. The molecule has 2 aromatic heterocycles. The van der Waals surface area contributed by atoms with Crippen LogP contribution < -0.4 is 0 Å². The molecule has 2 aromatic rings. The second kappa shape index (κ2) is 4.25. The molecule has 2 unspecified atom stereocenters. The second-order valence-corrected chi connectivity index (χ2v) is 7.47. The van der Waals surface area contributed by atoms with Crippen LogP contribution in [0.25, 0.3) is 5.65 Å². The summed E-state index contributed by atoms with van der Waals surface area (Å²) in [4.78, 5) is 4.26. The number of hydrogen-bond acceptors (Lipinski definition) is 3. The SMILES string of the molecule is OC1(c2ccc3nccn3c2)CC2CCCC(C1)S2. The monoisotopic (exact) mass is 274 g/mol. The molecule has 4 heterocycles. The van der Waals surface area contributed by atoms with E-state index in [1.54, 1.807) is 6.20 Å². The first-order chi connectivity index (χ1) is 9.23. The minimum absolute atomic E-state index is 0.635. The number of nitrogens with zero attached hydrogens (tertiary/aromatic N) is 2. The molecule has 2 bridgehead atoms. The lowest BCUT2D eigenvalue weighted by atomic mass is 9.81. The Kier molecular flexibility index (Phi) is 2.64. The Morgan fingerprint density at radius 1 is 1.26 bits per heavy atom. The van der Waals surface area contributed by atoms with Crippen molar-refractivity contribution in [2.45, 2.75) is 48.2 Å². The first kappa shape index (κ1) is 11.8. The fourth-order valence-corrected chi connectivity index (χ4v) is 5.44. The van der Waals surface area contributed by atoms with Crippen LogP contribution in [0.15, 0.2) is 30.7 Å². The van der Waals surface area contributed by atoms with Gasteiger partial charge in [0, 0.05) is 34.7 Å². The fraction of sp³-hybridized carbons (Fsp3) is 0.533. The van der Waals surface area contributed by atoms with Crippen LogP contribution >= 0.6 is 11.8 Å². The minimum Gasteiger partial charge on any atom is -0.385 e. The highest BCUT2D eigenvalue weighted by molar-refractivity contribution is 8.00. The van der Waals surface area contributed by atoms with Crippen molar-refractivity contribution in [3.8, 4) is 0 Å². The number of rotatable bonds is 1. The van der Waals surface area contributed by atoms with Gasteiger partial charge >= 0.3 is 0 Å². The number of aromatic nitrogens is 2. The second-order valence-electron chi connectivity index (χ2n) is 5.86. The number of aliphatic hydroxyl groups is 1. The molecule has 0 amide bonds. The average molecular weight is 274 g/mol. The predicted octanol–water partition coefficient (Wildman–Crippen LogP) is 2.97. The van der Waals surface area contributed by atoms with E-state index < -0.39 is 5.60 Å². The van der Waals surface area contributed by atoms with Gasteiger partial charge in [0.15, 0.2) is 0 Å². The number of pyridine rings is 1. The first-order valence-electron chi connectivity index (χ1n) is 7.04. The predicted molar refractivity (Wildman–Crippen MR) is 77.3 cm³/mol. The maximum atomic E-state index is 11.1. The first-order valence-corrected chi connectivity index (χ1v) is 7.98. The molecule has 2 saturated heterocycles. The molecule has 2 aliphatic heterocycles. The van der Waals surface area contributed by atoms with Crippen LogP contribution in [0.1, 0.15) is 37.7 Å². The van der Waals surface area contributed by atoms with E-state index in [4.69, 9.17) is 0 Å². The summed E-state index contributed by atoms with van der Waals surface area (Å²) in [6.45, 7) is 0. The Hall–Kier alpha value is -1.00. The molecular formula is C15H18N2OS. The fourth-order valence-electron chi connectivity index (χ4n) is 3.55. The van der Waals surface area contributed by atoms with E-state index in [-0.39, 0.29) is 0 Å². The zero-order valence-corrected chi connectivity index (χ0v) is 11.6. The van der Waals surface area contributed by atoms with Gasteiger partial charge < -0.3 is 9.51 Å². The third-order valence-electron chi connectivity index (χ3n) is 4.49. The number of hydrogen-bond donors (Lipinski definition) is 1. The molecule has 4 heteroatoms. The Morgan fingerprint density at radius 3 is 2.84 bits per heavy atom. The van der Waals surface area contributed by atoms with Gasteiger partial charge in [-0.3, -0.25) is 0 Å².